The second kappa shape index (κ2) is 14.8. The van der Waals surface area contributed by atoms with Crippen molar-refractivity contribution in [2.45, 2.75) is 35.4 Å². The molecule has 0 heterocycles. The van der Waals surface area contributed by atoms with Crippen LogP contribution in [-0.2, 0) is 27.2 Å². The number of nitrogens with zero attached hydrogens (tertiary/aromatic N) is 1. The summed E-state index contributed by atoms with van der Waals surface area (Å²) in [5.74, 6) is -1.65. The minimum absolute atomic E-state index is 0.0130. The summed E-state index contributed by atoms with van der Waals surface area (Å²) in [5.41, 5.74) is 8.48. The number of nitrogens with one attached hydrogen (secondary N) is 1. The number of carbonyl (C=O) groups is 2. The zero-order valence-electron chi connectivity index (χ0n) is 21.8. The molecule has 6 nitrogen and oxygen atoms in total. The van der Waals surface area contributed by atoms with E-state index in [0.29, 0.717) is 52.6 Å². The van der Waals surface area contributed by atoms with Gasteiger partial charge >= 0.3 is 5.97 Å². The van der Waals surface area contributed by atoms with Gasteiger partial charge in [-0.05, 0) is 29.7 Å². The monoisotopic (exact) mass is 567 g/mol. The van der Waals surface area contributed by atoms with Crippen molar-refractivity contribution < 1.29 is 18.7 Å². The van der Waals surface area contributed by atoms with E-state index in [1.54, 1.807) is 12.1 Å². The van der Waals surface area contributed by atoms with E-state index in [1.165, 1.54) is 24.3 Å². The molecule has 0 aliphatic carbocycles. The molecule has 2 unspecified atom stereocenters. The molecule has 40 heavy (non-hydrogen) atoms. The third-order valence-electron chi connectivity index (χ3n) is 5.95. The van der Waals surface area contributed by atoms with Gasteiger partial charge in [-0.25, -0.2) is 9.18 Å². The zero-order valence-corrected chi connectivity index (χ0v) is 23.3. The summed E-state index contributed by atoms with van der Waals surface area (Å²) in [4.78, 5) is 27.9. The van der Waals surface area contributed by atoms with E-state index in [9.17, 15) is 14.0 Å². The average molecular weight is 567 g/mol. The SMILES string of the molecule is [B]c1cc(CC(N)C(=O)NC(Cc2ccc(F)cc2)C(=O)OC([B])([B])C([B])([B])[B])cc([B])c1N(CCCl)CCCl. The molecule has 2 aromatic carbocycles. The molecular weight excluding hydrogens is 544 g/mol. The fourth-order valence-electron chi connectivity index (χ4n) is 3.77. The number of rotatable bonds is 14. The topological polar surface area (TPSA) is 84.7 Å². The zero-order chi connectivity index (χ0) is 30.3. The van der Waals surface area contributed by atoms with E-state index >= 15 is 0 Å². The molecule has 2 rings (SSSR count). The summed E-state index contributed by atoms with van der Waals surface area (Å²) < 4.78 is 18.4. The van der Waals surface area contributed by atoms with Crippen molar-refractivity contribution >= 4 is 107 Å². The molecule has 0 aromatic heterocycles. The Morgan fingerprint density at radius 2 is 1.48 bits per heavy atom. The molecule has 2 atom stereocenters. The van der Waals surface area contributed by atoms with E-state index < -0.39 is 40.3 Å². The number of anilines is 1. The van der Waals surface area contributed by atoms with Gasteiger partial charge in [-0.3, -0.25) is 4.79 Å². The minimum atomic E-state index is -2.49. The largest absolute Gasteiger partial charge is 0.480 e. The van der Waals surface area contributed by atoms with E-state index in [1.807, 2.05) is 4.90 Å². The van der Waals surface area contributed by atoms with Crippen LogP contribution in [0.25, 0.3) is 0 Å². The predicted octanol–water partition coefficient (Wildman–Crippen LogP) is -1.59. The number of carbonyl (C=O) groups excluding carboxylic acids is 2. The molecule has 194 valence electrons. The summed E-state index contributed by atoms with van der Waals surface area (Å²) in [6, 6.07) is 5.98. The number of esters is 1. The molecule has 16 heteroatoms. The molecule has 0 spiro atoms. The maximum atomic E-state index is 13.4. The van der Waals surface area contributed by atoms with Crippen molar-refractivity contribution in [3.05, 3.63) is 53.3 Å². The highest BCUT2D eigenvalue weighted by Crippen LogP contribution is 2.26. The average Bonchev–Trinajstić information content (AvgIpc) is 2.83. The van der Waals surface area contributed by atoms with Crippen LogP contribution in [0.15, 0.2) is 36.4 Å². The lowest BCUT2D eigenvalue weighted by Crippen LogP contribution is -2.55. The smallest absolute Gasteiger partial charge is 0.327 e. The second-order valence-corrected chi connectivity index (χ2v) is 10.1. The van der Waals surface area contributed by atoms with Gasteiger partial charge in [0.15, 0.2) is 0 Å². The normalized spacial score (nSPS) is 13.3. The minimum Gasteiger partial charge on any atom is -0.480 e. The van der Waals surface area contributed by atoms with E-state index in [0.717, 1.165) is 0 Å². The molecule has 0 bridgehead atoms. The number of hydrogen-bond donors (Lipinski definition) is 2. The van der Waals surface area contributed by atoms with E-state index in [-0.39, 0.29) is 12.8 Å². The summed E-state index contributed by atoms with van der Waals surface area (Å²) in [7, 11) is 40.3. The number of halogens is 3. The van der Waals surface area contributed by atoms with Gasteiger partial charge in [0, 0.05) is 42.4 Å². The first-order valence-electron chi connectivity index (χ1n) is 12.1. The standard InChI is InChI=1S/C24H23B7Cl2FN3O3/c25-16-9-14(10-17(26)20(16)37(7-5-32)8-6-33)11-18(35)21(38)36-19(12-13-1-3-15(34)4-2-13)22(39)40-24(30,31)23(27,28)29/h1-4,9-10,18-19H,5-8,11-12,35H2,(H,36,38). The van der Waals surface area contributed by atoms with E-state index in [2.05, 4.69) is 5.32 Å². The number of amides is 1. The van der Waals surface area contributed by atoms with Crippen molar-refractivity contribution in [2.24, 2.45) is 5.73 Å². The molecule has 3 N–H and O–H groups in total. The Bertz CT molecular complexity index is 1140. The van der Waals surface area contributed by atoms with Crippen LogP contribution < -0.4 is 26.9 Å². The summed E-state index contributed by atoms with van der Waals surface area (Å²) >= 11 is 11.8. The molecule has 14 radical (unpaired) electrons. The van der Waals surface area contributed by atoms with Gasteiger partial charge < -0.3 is 20.7 Å². The maximum absolute atomic E-state index is 13.4. The highest BCUT2D eigenvalue weighted by Gasteiger charge is 2.36. The first-order chi connectivity index (χ1) is 18.6. The van der Waals surface area contributed by atoms with Gasteiger partial charge in [-0.1, -0.05) is 35.2 Å². The Labute approximate surface area is 254 Å². The number of alkyl halides is 2. The number of ether oxygens (including phenoxy) is 1. The van der Waals surface area contributed by atoms with Gasteiger partial charge in [-0.15, -0.1) is 28.3 Å². The van der Waals surface area contributed by atoms with Gasteiger partial charge in [-0.2, -0.15) is 0 Å². The molecule has 0 saturated carbocycles. The van der Waals surface area contributed by atoms with Crippen LogP contribution >= 0.6 is 23.2 Å². The molecule has 0 aliphatic rings. The Morgan fingerprint density at radius 3 is 1.95 bits per heavy atom. The fourth-order valence-corrected chi connectivity index (χ4v) is 4.18. The third kappa shape index (κ3) is 9.59. The Hall–Kier alpha value is -1.90. The van der Waals surface area contributed by atoms with Crippen LogP contribution in [0.5, 0.6) is 0 Å². The number of benzene rings is 2. The van der Waals surface area contributed by atoms with Crippen LogP contribution in [0.2, 0.25) is 5.11 Å². The van der Waals surface area contributed by atoms with Crippen LogP contribution in [0.4, 0.5) is 10.1 Å². The highest BCUT2D eigenvalue weighted by molar-refractivity contribution is 6.67. The first-order valence-corrected chi connectivity index (χ1v) is 13.2. The predicted molar refractivity (Wildman–Crippen MR) is 165 cm³/mol. The van der Waals surface area contributed by atoms with Crippen LogP contribution in [0.1, 0.15) is 11.1 Å². The molecular formula is C24H23B7Cl2FN3O3. The van der Waals surface area contributed by atoms with Crippen LogP contribution in [0.3, 0.4) is 0 Å². The van der Waals surface area contributed by atoms with E-state index in [4.69, 9.17) is 88.6 Å². The van der Waals surface area contributed by atoms with Crippen molar-refractivity contribution in [2.75, 3.05) is 29.7 Å². The maximum Gasteiger partial charge on any atom is 0.327 e. The van der Waals surface area contributed by atoms with Gasteiger partial charge in [0.05, 0.1) is 29.6 Å². The van der Waals surface area contributed by atoms with Crippen molar-refractivity contribution in [3.63, 3.8) is 0 Å². The second-order valence-electron chi connectivity index (χ2n) is 9.34. The Kier molecular flexibility index (Phi) is 12.7. The van der Waals surface area contributed by atoms with Gasteiger partial charge in [0.1, 0.15) is 43.2 Å². The van der Waals surface area contributed by atoms with Crippen LogP contribution in [0, 0.1) is 5.82 Å². The number of hydrogen-bond acceptors (Lipinski definition) is 5. The lowest BCUT2D eigenvalue weighted by Gasteiger charge is -2.42. The van der Waals surface area contributed by atoms with Gasteiger partial charge in [0.2, 0.25) is 5.91 Å². The third-order valence-corrected chi connectivity index (χ3v) is 6.28. The summed E-state index contributed by atoms with van der Waals surface area (Å²) in [6.45, 7) is 0.948. The Morgan fingerprint density at radius 1 is 0.950 bits per heavy atom. The molecule has 0 fully saturated rings. The molecule has 0 aliphatic heterocycles. The fraction of sp³-hybridized carbons (Fsp3) is 0.417. The highest BCUT2D eigenvalue weighted by atomic mass is 35.5. The van der Waals surface area contributed by atoms with Gasteiger partial charge in [0.25, 0.3) is 0 Å². The van der Waals surface area contributed by atoms with Crippen molar-refractivity contribution in [1.29, 1.82) is 0 Å². The first kappa shape index (κ1) is 34.3. The summed E-state index contributed by atoms with van der Waals surface area (Å²) in [6.07, 6.45) is -0.120. The molecule has 2 aromatic rings. The number of nitrogens with two attached hydrogens (primary N) is 1. The van der Waals surface area contributed by atoms with Crippen molar-refractivity contribution in [1.82, 2.24) is 5.32 Å². The lowest BCUT2D eigenvalue weighted by atomic mass is 9.28. The molecule has 0 saturated heterocycles. The lowest BCUT2D eigenvalue weighted by molar-refractivity contribution is -0.151. The molecule has 1 amide bonds. The summed E-state index contributed by atoms with van der Waals surface area (Å²) in [5, 5.41) is -2.30. The van der Waals surface area contributed by atoms with Crippen LogP contribution in [-0.4, -0.2) is 109 Å². The quantitative estimate of drug-likeness (QED) is 0.164. The van der Waals surface area contributed by atoms with Crippen molar-refractivity contribution in [3.8, 4) is 0 Å². The Balaban J connectivity index is 2.23.